The first kappa shape index (κ1) is 29.0. The van der Waals surface area contributed by atoms with E-state index in [1.165, 1.54) is 6.07 Å². The number of ether oxygens (including phenoxy) is 4. The van der Waals surface area contributed by atoms with Crippen LogP contribution in [-0.2, 0) is 28.5 Å². The minimum absolute atomic E-state index is 0.0631. The number of hydrogen-bond donors (Lipinski definition) is 4. The van der Waals surface area contributed by atoms with Crippen LogP contribution in [0.5, 0.6) is 0 Å². The summed E-state index contributed by atoms with van der Waals surface area (Å²) >= 11 is 0. The van der Waals surface area contributed by atoms with Gasteiger partial charge in [0, 0.05) is 25.2 Å². The van der Waals surface area contributed by atoms with Crippen LogP contribution in [0, 0.1) is 0 Å². The monoisotopic (exact) mass is 536 g/mol. The summed E-state index contributed by atoms with van der Waals surface area (Å²) in [6, 6.07) is 3.86. The fourth-order valence-electron chi connectivity index (χ4n) is 3.91. The highest BCUT2D eigenvalue weighted by molar-refractivity contribution is 6.25. The largest absolute Gasteiger partial charge is 0.465 e. The number of fused-ring (bicyclic) bond motifs is 1. The van der Waals surface area contributed by atoms with Gasteiger partial charge in [-0.15, -0.1) is 0 Å². The van der Waals surface area contributed by atoms with Gasteiger partial charge in [-0.3, -0.25) is 29.4 Å². The predicted molar refractivity (Wildman–Crippen MR) is 131 cm³/mol. The van der Waals surface area contributed by atoms with Gasteiger partial charge in [0.1, 0.15) is 6.04 Å². The van der Waals surface area contributed by atoms with E-state index in [9.17, 15) is 24.0 Å². The number of benzene rings is 1. The molecule has 1 atom stereocenters. The van der Waals surface area contributed by atoms with E-state index in [0.29, 0.717) is 58.5 Å². The zero-order valence-corrected chi connectivity index (χ0v) is 20.9. The molecule has 0 radical (unpaired) electrons. The number of anilines is 1. The molecule has 1 fully saturated rings. The molecule has 1 saturated heterocycles. The van der Waals surface area contributed by atoms with Crippen molar-refractivity contribution in [3.05, 3.63) is 29.3 Å². The van der Waals surface area contributed by atoms with Crippen LogP contribution in [0.2, 0.25) is 0 Å². The molecule has 2 aliphatic heterocycles. The molecular formula is C24H32N4O10. The van der Waals surface area contributed by atoms with Crippen LogP contribution in [0.3, 0.4) is 0 Å². The van der Waals surface area contributed by atoms with E-state index in [1.54, 1.807) is 12.1 Å². The molecule has 1 aromatic rings. The molecule has 0 aromatic heterocycles. The number of amides is 5. The summed E-state index contributed by atoms with van der Waals surface area (Å²) in [5.74, 6) is -2.19. The van der Waals surface area contributed by atoms with Crippen LogP contribution >= 0.6 is 0 Å². The van der Waals surface area contributed by atoms with Gasteiger partial charge in [-0.05, 0) is 18.6 Å². The average Bonchev–Trinajstić information content (AvgIpc) is 3.14. The molecular weight excluding hydrogens is 504 g/mol. The minimum atomic E-state index is -1.09. The number of nitrogens with one attached hydrogen (secondary N) is 3. The maximum Gasteiger partial charge on any atom is 0.404 e. The van der Waals surface area contributed by atoms with Gasteiger partial charge in [0.15, 0.2) is 0 Å². The van der Waals surface area contributed by atoms with Crippen molar-refractivity contribution < 1.29 is 48.0 Å². The van der Waals surface area contributed by atoms with Crippen LogP contribution in [0.1, 0.15) is 33.6 Å². The first-order chi connectivity index (χ1) is 18.4. The molecule has 38 heavy (non-hydrogen) atoms. The summed E-state index contributed by atoms with van der Waals surface area (Å²) < 4.78 is 21.5. The highest BCUT2D eigenvalue weighted by Crippen LogP contribution is 2.32. The Kier molecular flexibility index (Phi) is 11.4. The van der Waals surface area contributed by atoms with Gasteiger partial charge >= 0.3 is 6.09 Å². The highest BCUT2D eigenvalue weighted by atomic mass is 16.6. The third kappa shape index (κ3) is 8.21. The smallest absolute Gasteiger partial charge is 0.404 e. The third-order valence-corrected chi connectivity index (χ3v) is 5.67. The van der Waals surface area contributed by atoms with Gasteiger partial charge in [-0.1, -0.05) is 6.07 Å². The normalized spacial score (nSPS) is 16.9. The molecule has 14 nitrogen and oxygen atoms in total. The summed E-state index contributed by atoms with van der Waals surface area (Å²) in [6.45, 7) is 3.45. The maximum atomic E-state index is 13.1. The van der Waals surface area contributed by atoms with Crippen LogP contribution < -0.4 is 16.0 Å². The molecule has 0 saturated carbocycles. The molecule has 0 bridgehead atoms. The fourth-order valence-corrected chi connectivity index (χ4v) is 3.91. The Morgan fingerprint density at radius 1 is 0.895 bits per heavy atom. The molecule has 14 heteroatoms. The molecule has 0 unspecified atom stereocenters. The quantitative estimate of drug-likeness (QED) is 0.153. The van der Waals surface area contributed by atoms with Crippen molar-refractivity contribution >= 4 is 35.4 Å². The molecule has 2 heterocycles. The van der Waals surface area contributed by atoms with Gasteiger partial charge < -0.3 is 34.7 Å². The molecule has 4 N–H and O–H groups in total. The number of nitrogens with zero attached hydrogens (tertiary/aromatic N) is 1. The Morgan fingerprint density at radius 3 is 2.11 bits per heavy atom. The molecule has 208 valence electrons. The van der Waals surface area contributed by atoms with Gasteiger partial charge in [0.2, 0.25) is 11.8 Å². The van der Waals surface area contributed by atoms with Crippen molar-refractivity contribution in [1.29, 1.82) is 0 Å². The highest BCUT2D eigenvalue weighted by Gasteiger charge is 2.45. The SMILES string of the molecule is O=C(O)NCCOCCOCCOCCOCCNc1cccc2c1C(=O)N([C@H]1CCC(=O)NC1=O)C2=O. The lowest BCUT2D eigenvalue weighted by Crippen LogP contribution is -2.54. The number of rotatable bonds is 17. The molecule has 2 aliphatic rings. The minimum Gasteiger partial charge on any atom is -0.465 e. The van der Waals surface area contributed by atoms with Crippen LogP contribution in [0.25, 0.3) is 0 Å². The zero-order valence-electron chi connectivity index (χ0n) is 20.9. The summed E-state index contributed by atoms with van der Waals surface area (Å²) in [7, 11) is 0. The second kappa shape index (κ2) is 15.0. The molecule has 0 aliphatic carbocycles. The second-order valence-electron chi connectivity index (χ2n) is 8.28. The van der Waals surface area contributed by atoms with E-state index < -0.39 is 35.8 Å². The van der Waals surface area contributed by atoms with Crippen molar-refractivity contribution in [3.63, 3.8) is 0 Å². The Morgan fingerprint density at radius 2 is 1.50 bits per heavy atom. The molecule has 5 amide bonds. The lowest BCUT2D eigenvalue weighted by Gasteiger charge is -2.27. The standard InChI is InChI=1S/C24H32N4O10/c29-19-5-4-18(21(30)27-19)28-22(31)16-2-1-3-17(20(16)23(28)32)25-6-8-35-10-12-37-14-15-38-13-11-36-9-7-26-24(33)34/h1-3,18,25-26H,4-15H2,(H,33,34)(H,27,29,30)/t18-/m0/s1. The zero-order chi connectivity index (χ0) is 27.3. The summed E-state index contributed by atoms with van der Waals surface area (Å²) in [6.07, 6.45) is -0.923. The van der Waals surface area contributed by atoms with Gasteiger partial charge in [-0.2, -0.15) is 0 Å². The van der Waals surface area contributed by atoms with Crippen molar-refractivity contribution in [1.82, 2.24) is 15.5 Å². The van der Waals surface area contributed by atoms with Gasteiger partial charge in [0.05, 0.1) is 64.0 Å². The van der Waals surface area contributed by atoms with Crippen molar-refractivity contribution in [2.45, 2.75) is 18.9 Å². The predicted octanol–water partition coefficient (Wildman–Crippen LogP) is -0.166. The first-order valence-electron chi connectivity index (χ1n) is 12.3. The molecule has 1 aromatic carbocycles. The van der Waals surface area contributed by atoms with Crippen LogP contribution in [0.15, 0.2) is 18.2 Å². The number of imide groups is 2. The first-order valence-corrected chi connectivity index (χ1v) is 12.3. The van der Waals surface area contributed by atoms with E-state index in [1.807, 2.05) is 0 Å². The van der Waals surface area contributed by atoms with Crippen molar-refractivity contribution in [2.24, 2.45) is 0 Å². The van der Waals surface area contributed by atoms with Crippen molar-refractivity contribution in [2.75, 3.05) is 71.3 Å². The Labute approximate surface area is 218 Å². The van der Waals surface area contributed by atoms with Gasteiger partial charge in [-0.25, -0.2) is 4.79 Å². The maximum absolute atomic E-state index is 13.1. The topological polar surface area (TPSA) is 182 Å². The summed E-state index contributed by atoms with van der Waals surface area (Å²) in [4.78, 5) is 60.7. The lowest BCUT2D eigenvalue weighted by molar-refractivity contribution is -0.136. The number of carbonyl (C=O) groups excluding carboxylic acids is 4. The summed E-state index contributed by atoms with van der Waals surface area (Å²) in [5, 5.41) is 15.9. The van der Waals surface area contributed by atoms with Crippen molar-refractivity contribution in [3.8, 4) is 0 Å². The number of carboxylic acid groups (broad SMARTS) is 1. The number of piperidine rings is 1. The average molecular weight is 537 g/mol. The fraction of sp³-hybridized carbons (Fsp3) is 0.542. The van der Waals surface area contributed by atoms with E-state index in [2.05, 4.69) is 16.0 Å². The van der Waals surface area contributed by atoms with Crippen LogP contribution in [-0.4, -0.2) is 112 Å². The van der Waals surface area contributed by atoms with Crippen LogP contribution in [0.4, 0.5) is 10.5 Å². The van der Waals surface area contributed by atoms with E-state index in [-0.39, 0.29) is 37.1 Å². The molecule has 0 spiro atoms. The second-order valence-corrected chi connectivity index (χ2v) is 8.28. The van der Waals surface area contributed by atoms with Gasteiger partial charge in [0.25, 0.3) is 11.8 Å². The van der Waals surface area contributed by atoms with E-state index in [0.717, 1.165) is 4.90 Å². The number of hydrogen-bond acceptors (Lipinski definition) is 10. The lowest BCUT2D eigenvalue weighted by atomic mass is 10.0. The third-order valence-electron chi connectivity index (χ3n) is 5.67. The van der Waals surface area contributed by atoms with E-state index in [4.69, 9.17) is 24.1 Å². The summed E-state index contributed by atoms with van der Waals surface area (Å²) in [5.41, 5.74) is 0.880. The Bertz CT molecular complexity index is 1020. The Balaban J connectivity index is 1.27. The number of carbonyl (C=O) groups is 5. The molecule has 3 rings (SSSR count). The van der Waals surface area contributed by atoms with E-state index >= 15 is 0 Å². The Hall–Kier alpha value is -3.59.